The van der Waals surface area contributed by atoms with Crippen molar-refractivity contribution in [3.63, 3.8) is 0 Å². The summed E-state index contributed by atoms with van der Waals surface area (Å²) in [5.41, 5.74) is 0.660. The number of nitro groups is 1. The number of carbonyl (C=O) groups is 1. The Morgan fingerprint density at radius 2 is 2.20 bits per heavy atom. The second-order valence-electron chi connectivity index (χ2n) is 3.92. The maximum atomic E-state index is 11.3. The Balaban J connectivity index is 2.07. The van der Waals surface area contributed by atoms with Crippen molar-refractivity contribution in [1.29, 1.82) is 0 Å². The van der Waals surface area contributed by atoms with E-state index in [4.69, 9.17) is 4.42 Å². The molecule has 2 rings (SSSR count). The van der Waals surface area contributed by atoms with E-state index in [0.29, 0.717) is 17.0 Å². The van der Waals surface area contributed by atoms with E-state index in [-0.39, 0.29) is 12.2 Å². The highest BCUT2D eigenvalue weighted by molar-refractivity contribution is 5.89. The molecule has 1 aromatic heterocycles. The molecule has 0 saturated heterocycles. The van der Waals surface area contributed by atoms with Gasteiger partial charge in [-0.15, -0.1) is 0 Å². The minimum atomic E-state index is -0.495. The maximum absolute atomic E-state index is 11.3. The topological polar surface area (TPSA) is 94.6 Å². The highest BCUT2D eigenvalue weighted by Crippen LogP contribution is 2.24. The number of esters is 1. The molecular weight excluding hydrogens is 264 g/mol. The zero-order valence-electron chi connectivity index (χ0n) is 10.7. The quantitative estimate of drug-likeness (QED) is 0.512. The van der Waals surface area contributed by atoms with Gasteiger partial charge in [-0.1, -0.05) is 12.1 Å². The van der Waals surface area contributed by atoms with Crippen LogP contribution in [0.4, 0.5) is 11.4 Å². The van der Waals surface area contributed by atoms with Crippen molar-refractivity contribution in [3.05, 3.63) is 58.0 Å². The summed E-state index contributed by atoms with van der Waals surface area (Å²) in [6.45, 7) is 0.224. The van der Waals surface area contributed by atoms with Crippen LogP contribution < -0.4 is 5.32 Å². The van der Waals surface area contributed by atoms with Crippen LogP contribution in [0.3, 0.4) is 0 Å². The van der Waals surface area contributed by atoms with Crippen molar-refractivity contribution in [2.24, 2.45) is 0 Å². The van der Waals surface area contributed by atoms with Crippen LogP contribution in [-0.2, 0) is 11.3 Å². The van der Waals surface area contributed by atoms with E-state index in [9.17, 15) is 14.9 Å². The summed E-state index contributed by atoms with van der Waals surface area (Å²) >= 11 is 0. The van der Waals surface area contributed by atoms with Gasteiger partial charge in [-0.3, -0.25) is 10.1 Å². The summed E-state index contributed by atoms with van der Waals surface area (Å²) in [5.74, 6) is -0.0192. The van der Waals surface area contributed by atoms with E-state index < -0.39 is 10.9 Å². The lowest BCUT2D eigenvalue weighted by Gasteiger charge is -2.04. The Labute approximate surface area is 114 Å². The SMILES string of the molecule is COC(=O)c1coc(CNc2ccccc2[N+](=O)[O-])c1. The first kappa shape index (κ1) is 13.6. The molecule has 0 amide bonds. The zero-order chi connectivity index (χ0) is 14.5. The fourth-order valence-corrected chi connectivity index (χ4v) is 1.66. The number of hydrogen-bond acceptors (Lipinski definition) is 6. The number of anilines is 1. The molecule has 7 heteroatoms. The number of hydrogen-bond donors (Lipinski definition) is 1. The lowest BCUT2D eigenvalue weighted by molar-refractivity contribution is -0.384. The second kappa shape index (κ2) is 5.87. The number of nitrogens with zero attached hydrogens (tertiary/aromatic N) is 1. The van der Waals surface area contributed by atoms with Crippen molar-refractivity contribution in [3.8, 4) is 0 Å². The molecule has 7 nitrogen and oxygen atoms in total. The van der Waals surface area contributed by atoms with Gasteiger partial charge in [-0.05, 0) is 12.1 Å². The van der Waals surface area contributed by atoms with Gasteiger partial charge in [0.2, 0.25) is 0 Å². The number of nitrogens with one attached hydrogen (secondary N) is 1. The first-order chi connectivity index (χ1) is 9.61. The molecule has 104 valence electrons. The molecule has 20 heavy (non-hydrogen) atoms. The van der Waals surface area contributed by atoms with E-state index >= 15 is 0 Å². The summed E-state index contributed by atoms with van der Waals surface area (Å²) in [6, 6.07) is 7.81. The number of rotatable bonds is 5. The molecule has 0 fully saturated rings. The van der Waals surface area contributed by atoms with E-state index in [1.54, 1.807) is 18.2 Å². The summed E-state index contributed by atoms with van der Waals surface area (Å²) in [4.78, 5) is 21.6. The molecule has 1 heterocycles. The average Bonchev–Trinajstić information content (AvgIpc) is 2.93. The van der Waals surface area contributed by atoms with Crippen LogP contribution in [0.15, 0.2) is 41.0 Å². The number of para-hydroxylation sites is 2. The molecule has 0 atom stereocenters. The largest absolute Gasteiger partial charge is 0.467 e. The number of carbonyl (C=O) groups excluding carboxylic acids is 1. The highest BCUT2D eigenvalue weighted by atomic mass is 16.6. The van der Waals surface area contributed by atoms with Gasteiger partial charge in [0.05, 0.1) is 24.1 Å². The van der Waals surface area contributed by atoms with Gasteiger partial charge in [0.15, 0.2) is 0 Å². The summed E-state index contributed by atoms with van der Waals surface area (Å²) in [6.07, 6.45) is 1.28. The molecule has 0 saturated carbocycles. The van der Waals surface area contributed by atoms with E-state index in [0.717, 1.165) is 0 Å². The van der Waals surface area contributed by atoms with E-state index in [1.807, 2.05) is 0 Å². The number of benzene rings is 1. The van der Waals surface area contributed by atoms with Gasteiger partial charge < -0.3 is 14.5 Å². The predicted octanol–water partition coefficient (Wildman–Crippen LogP) is 2.59. The van der Waals surface area contributed by atoms with Gasteiger partial charge in [-0.2, -0.15) is 0 Å². The molecule has 0 aliphatic carbocycles. The van der Waals surface area contributed by atoms with Crippen LogP contribution in [-0.4, -0.2) is 18.0 Å². The number of methoxy groups -OCH3 is 1. The van der Waals surface area contributed by atoms with Crippen LogP contribution in [0.25, 0.3) is 0 Å². The molecule has 1 N–H and O–H groups in total. The Bertz CT molecular complexity index is 635. The maximum Gasteiger partial charge on any atom is 0.341 e. The van der Waals surface area contributed by atoms with Gasteiger partial charge in [-0.25, -0.2) is 4.79 Å². The highest BCUT2D eigenvalue weighted by Gasteiger charge is 2.13. The Hall–Kier alpha value is -2.83. The molecule has 0 aliphatic heterocycles. The molecule has 0 aliphatic rings. The Morgan fingerprint density at radius 1 is 1.45 bits per heavy atom. The smallest absolute Gasteiger partial charge is 0.341 e. The predicted molar refractivity (Wildman–Crippen MR) is 70.5 cm³/mol. The van der Waals surface area contributed by atoms with Crippen LogP contribution in [0.5, 0.6) is 0 Å². The van der Waals surface area contributed by atoms with Gasteiger partial charge in [0.1, 0.15) is 17.7 Å². The Kier molecular flexibility index (Phi) is 3.99. The molecule has 0 bridgehead atoms. The standard InChI is InChI=1S/C13H12N2O5/c1-19-13(16)9-6-10(20-8-9)7-14-11-4-2-3-5-12(11)15(17)18/h2-6,8,14H,7H2,1H3. The van der Waals surface area contributed by atoms with E-state index in [2.05, 4.69) is 10.1 Å². The lowest BCUT2D eigenvalue weighted by atomic mass is 10.2. The average molecular weight is 276 g/mol. The Morgan fingerprint density at radius 3 is 2.90 bits per heavy atom. The second-order valence-corrected chi connectivity index (χ2v) is 3.92. The minimum Gasteiger partial charge on any atom is -0.467 e. The third kappa shape index (κ3) is 2.94. The van der Waals surface area contributed by atoms with Crippen LogP contribution >= 0.6 is 0 Å². The first-order valence-corrected chi connectivity index (χ1v) is 5.75. The van der Waals surface area contributed by atoms with Crippen LogP contribution in [0.1, 0.15) is 16.1 Å². The molecule has 0 radical (unpaired) electrons. The summed E-state index contributed by atoms with van der Waals surface area (Å²) in [5, 5.41) is 13.7. The molecular formula is C13H12N2O5. The first-order valence-electron chi connectivity index (χ1n) is 5.75. The molecule has 0 unspecified atom stereocenters. The number of ether oxygens (including phenoxy) is 1. The monoisotopic (exact) mass is 276 g/mol. The van der Waals surface area contributed by atoms with Crippen molar-refractivity contribution < 1.29 is 18.9 Å². The van der Waals surface area contributed by atoms with Crippen molar-refractivity contribution >= 4 is 17.3 Å². The molecule has 2 aromatic rings. The fraction of sp³-hybridized carbons (Fsp3) is 0.154. The van der Waals surface area contributed by atoms with Gasteiger partial charge >= 0.3 is 5.97 Å². The van der Waals surface area contributed by atoms with Crippen molar-refractivity contribution in [1.82, 2.24) is 0 Å². The van der Waals surface area contributed by atoms with Crippen LogP contribution in [0.2, 0.25) is 0 Å². The third-order valence-corrected chi connectivity index (χ3v) is 2.63. The molecule has 0 spiro atoms. The van der Waals surface area contributed by atoms with Crippen LogP contribution in [0, 0.1) is 10.1 Å². The summed E-state index contributed by atoms with van der Waals surface area (Å²) in [7, 11) is 1.28. The van der Waals surface area contributed by atoms with Crippen molar-refractivity contribution in [2.75, 3.05) is 12.4 Å². The van der Waals surface area contributed by atoms with Crippen molar-refractivity contribution in [2.45, 2.75) is 6.54 Å². The normalized spacial score (nSPS) is 10.1. The fourth-order valence-electron chi connectivity index (χ4n) is 1.66. The lowest BCUT2D eigenvalue weighted by Crippen LogP contribution is -2.02. The van der Waals surface area contributed by atoms with Gasteiger partial charge in [0.25, 0.3) is 5.69 Å². The van der Waals surface area contributed by atoms with E-state index in [1.165, 1.54) is 25.5 Å². The number of furan rings is 1. The number of nitro benzene ring substituents is 1. The zero-order valence-corrected chi connectivity index (χ0v) is 10.7. The molecule has 1 aromatic carbocycles. The van der Waals surface area contributed by atoms with Gasteiger partial charge in [0, 0.05) is 6.07 Å². The third-order valence-electron chi connectivity index (χ3n) is 2.63. The minimum absolute atomic E-state index is 0.0211. The summed E-state index contributed by atoms with van der Waals surface area (Å²) < 4.78 is 9.73.